The van der Waals surface area contributed by atoms with E-state index in [-0.39, 0.29) is 24.2 Å². The highest BCUT2D eigenvalue weighted by Crippen LogP contribution is 2.25. The molecular weight excluding hydrogens is 349 g/mol. The number of carbonyl (C=O) groups excluding carboxylic acids is 2. The molecule has 1 fully saturated rings. The molecule has 2 N–H and O–H groups in total. The van der Waals surface area contributed by atoms with Crippen LogP contribution >= 0.6 is 23.2 Å². The Morgan fingerprint density at radius 3 is 2.54 bits per heavy atom. The third-order valence-electron chi connectivity index (χ3n) is 3.95. The SMILES string of the molecule is C/C(CC(=O)Nc1ccc(Cl)c(Cl)c1)=N\NC(=O)C1CCCCC1. The Morgan fingerprint density at radius 1 is 1.17 bits per heavy atom. The average Bonchev–Trinajstić information content (AvgIpc) is 2.56. The normalized spacial score (nSPS) is 15.9. The van der Waals surface area contributed by atoms with Crippen LogP contribution in [0.4, 0.5) is 5.69 Å². The van der Waals surface area contributed by atoms with E-state index in [1.165, 1.54) is 6.42 Å². The molecule has 1 saturated carbocycles. The minimum atomic E-state index is -0.235. The molecule has 1 aliphatic rings. The Kier molecular flexibility index (Phi) is 7.06. The highest BCUT2D eigenvalue weighted by Gasteiger charge is 2.20. The monoisotopic (exact) mass is 369 g/mol. The summed E-state index contributed by atoms with van der Waals surface area (Å²) in [5.41, 5.74) is 3.67. The first-order chi connectivity index (χ1) is 11.5. The number of halogens is 2. The quantitative estimate of drug-likeness (QED) is 0.596. The molecule has 0 bridgehead atoms. The first-order valence-corrected chi connectivity index (χ1v) is 8.79. The van der Waals surface area contributed by atoms with Crippen LogP contribution in [0, 0.1) is 5.92 Å². The molecule has 2 rings (SSSR count). The van der Waals surface area contributed by atoms with Crippen molar-refractivity contribution in [3.63, 3.8) is 0 Å². The van der Waals surface area contributed by atoms with Crippen molar-refractivity contribution in [2.24, 2.45) is 11.0 Å². The summed E-state index contributed by atoms with van der Waals surface area (Å²) in [5.74, 6) is -0.249. The van der Waals surface area contributed by atoms with Crippen molar-refractivity contribution in [1.82, 2.24) is 5.43 Å². The van der Waals surface area contributed by atoms with Crippen molar-refractivity contribution in [2.45, 2.75) is 45.4 Å². The van der Waals surface area contributed by atoms with Gasteiger partial charge in [-0.3, -0.25) is 9.59 Å². The van der Waals surface area contributed by atoms with E-state index in [0.717, 1.165) is 25.7 Å². The Hall–Kier alpha value is -1.59. The van der Waals surface area contributed by atoms with E-state index in [0.29, 0.717) is 21.4 Å². The first kappa shape index (κ1) is 18.7. The van der Waals surface area contributed by atoms with Crippen LogP contribution in [0.2, 0.25) is 10.0 Å². The zero-order valence-electron chi connectivity index (χ0n) is 13.6. The van der Waals surface area contributed by atoms with Crippen LogP contribution in [0.15, 0.2) is 23.3 Å². The summed E-state index contributed by atoms with van der Waals surface area (Å²) in [6, 6.07) is 4.87. The third kappa shape index (κ3) is 5.80. The fraction of sp³-hybridized carbons (Fsp3) is 0.471. The second-order valence-electron chi connectivity index (χ2n) is 6.01. The molecule has 1 aliphatic carbocycles. The van der Waals surface area contributed by atoms with Crippen LogP contribution in [0.5, 0.6) is 0 Å². The van der Waals surface area contributed by atoms with Gasteiger partial charge in [-0.25, -0.2) is 5.43 Å². The lowest BCUT2D eigenvalue weighted by Gasteiger charge is -2.19. The van der Waals surface area contributed by atoms with Crippen molar-refractivity contribution in [3.05, 3.63) is 28.2 Å². The van der Waals surface area contributed by atoms with Gasteiger partial charge in [-0.1, -0.05) is 42.5 Å². The van der Waals surface area contributed by atoms with Gasteiger partial charge in [-0.15, -0.1) is 0 Å². The van der Waals surface area contributed by atoms with Crippen LogP contribution < -0.4 is 10.7 Å². The number of nitrogens with zero attached hydrogens (tertiary/aromatic N) is 1. The third-order valence-corrected chi connectivity index (χ3v) is 4.69. The number of benzene rings is 1. The van der Waals surface area contributed by atoms with Gasteiger partial charge >= 0.3 is 0 Å². The lowest BCUT2D eigenvalue weighted by Crippen LogP contribution is -2.29. The second kappa shape index (κ2) is 9.04. The van der Waals surface area contributed by atoms with Gasteiger partial charge in [0, 0.05) is 17.3 Å². The summed E-state index contributed by atoms with van der Waals surface area (Å²) in [4.78, 5) is 24.0. The van der Waals surface area contributed by atoms with Crippen molar-refractivity contribution in [1.29, 1.82) is 0 Å². The van der Waals surface area contributed by atoms with Gasteiger partial charge in [-0.05, 0) is 38.0 Å². The fourth-order valence-corrected chi connectivity index (χ4v) is 2.96. The van der Waals surface area contributed by atoms with Crippen molar-refractivity contribution in [3.8, 4) is 0 Å². The number of nitrogens with one attached hydrogen (secondary N) is 2. The Balaban J connectivity index is 1.81. The average molecular weight is 370 g/mol. The van der Waals surface area contributed by atoms with Gasteiger partial charge in [0.05, 0.1) is 16.5 Å². The standard InChI is InChI=1S/C17H21Cl2N3O2/c1-11(21-22-17(24)12-5-3-2-4-6-12)9-16(23)20-13-7-8-14(18)15(19)10-13/h7-8,10,12H,2-6,9H2,1H3,(H,20,23)(H,22,24)/b21-11+. The predicted molar refractivity (Wildman–Crippen MR) is 97.5 cm³/mol. The molecule has 24 heavy (non-hydrogen) atoms. The summed E-state index contributed by atoms with van der Waals surface area (Å²) in [6.45, 7) is 1.70. The zero-order valence-corrected chi connectivity index (χ0v) is 15.1. The van der Waals surface area contributed by atoms with Gasteiger partial charge < -0.3 is 5.32 Å². The van der Waals surface area contributed by atoms with E-state index >= 15 is 0 Å². The van der Waals surface area contributed by atoms with Gasteiger partial charge in [-0.2, -0.15) is 5.10 Å². The van der Waals surface area contributed by atoms with Crippen molar-refractivity contribution in [2.75, 3.05) is 5.32 Å². The number of amides is 2. The number of hydrogen-bond donors (Lipinski definition) is 2. The van der Waals surface area contributed by atoms with E-state index in [1.807, 2.05) is 0 Å². The molecule has 0 heterocycles. The molecule has 0 atom stereocenters. The lowest BCUT2D eigenvalue weighted by atomic mass is 9.89. The summed E-state index contributed by atoms with van der Waals surface area (Å²) < 4.78 is 0. The molecule has 0 unspecified atom stereocenters. The molecule has 0 saturated heterocycles. The van der Waals surface area contributed by atoms with Gasteiger partial charge in [0.25, 0.3) is 0 Å². The van der Waals surface area contributed by atoms with Crippen LogP contribution in [-0.4, -0.2) is 17.5 Å². The number of carbonyl (C=O) groups is 2. The Morgan fingerprint density at radius 2 is 1.88 bits per heavy atom. The smallest absolute Gasteiger partial charge is 0.243 e. The van der Waals surface area contributed by atoms with Gasteiger partial charge in [0.1, 0.15) is 0 Å². The van der Waals surface area contributed by atoms with E-state index < -0.39 is 0 Å². The van der Waals surface area contributed by atoms with Gasteiger partial charge in [0.2, 0.25) is 11.8 Å². The molecule has 5 nitrogen and oxygen atoms in total. The van der Waals surface area contributed by atoms with Crippen LogP contribution in [0.1, 0.15) is 45.4 Å². The topological polar surface area (TPSA) is 70.6 Å². The molecule has 0 aromatic heterocycles. The molecule has 0 spiro atoms. The second-order valence-corrected chi connectivity index (χ2v) is 6.83. The van der Waals surface area contributed by atoms with Crippen LogP contribution in [-0.2, 0) is 9.59 Å². The fourth-order valence-electron chi connectivity index (χ4n) is 2.66. The van der Waals surface area contributed by atoms with E-state index in [9.17, 15) is 9.59 Å². The van der Waals surface area contributed by atoms with Crippen LogP contribution in [0.3, 0.4) is 0 Å². The minimum absolute atomic E-state index is 0.0420. The highest BCUT2D eigenvalue weighted by atomic mass is 35.5. The Labute approximate surface area is 151 Å². The first-order valence-electron chi connectivity index (χ1n) is 8.03. The number of hydrazone groups is 1. The molecule has 2 amide bonds. The number of rotatable bonds is 5. The number of anilines is 1. The lowest BCUT2D eigenvalue weighted by molar-refractivity contribution is -0.126. The molecule has 0 radical (unpaired) electrons. The predicted octanol–water partition coefficient (Wildman–Crippen LogP) is 4.39. The summed E-state index contributed by atoms with van der Waals surface area (Å²) >= 11 is 11.7. The van der Waals surface area contributed by atoms with Crippen molar-refractivity contribution < 1.29 is 9.59 Å². The maximum absolute atomic E-state index is 12.0. The largest absolute Gasteiger partial charge is 0.326 e. The van der Waals surface area contributed by atoms with Gasteiger partial charge in [0.15, 0.2) is 0 Å². The molecule has 1 aromatic carbocycles. The Bertz CT molecular complexity index is 641. The molecule has 7 heteroatoms. The summed E-state index contributed by atoms with van der Waals surface area (Å²) in [5, 5.41) is 7.54. The highest BCUT2D eigenvalue weighted by molar-refractivity contribution is 6.42. The van der Waals surface area contributed by atoms with Crippen LogP contribution in [0.25, 0.3) is 0 Å². The zero-order chi connectivity index (χ0) is 17.5. The molecule has 130 valence electrons. The summed E-state index contributed by atoms with van der Waals surface area (Å²) in [7, 11) is 0. The summed E-state index contributed by atoms with van der Waals surface area (Å²) in [6.07, 6.45) is 5.29. The maximum atomic E-state index is 12.0. The molecular formula is C17H21Cl2N3O2. The van der Waals surface area contributed by atoms with E-state index in [2.05, 4.69) is 15.8 Å². The van der Waals surface area contributed by atoms with E-state index in [1.54, 1.807) is 25.1 Å². The minimum Gasteiger partial charge on any atom is -0.326 e. The number of hydrogen-bond acceptors (Lipinski definition) is 3. The van der Waals surface area contributed by atoms with Crippen molar-refractivity contribution >= 4 is 46.4 Å². The molecule has 0 aliphatic heterocycles. The van der Waals surface area contributed by atoms with E-state index in [4.69, 9.17) is 23.2 Å². The maximum Gasteiger partial charge on any atom is 0.243 e. The molecule has 1 aromatic rings.